The normalized spacial score (nSPS) is 11.4. The van der Waals surface area contributed by atoms with Crippen LogP contribution >= 0.6 is 11.6 Å². The number of aromatic nitrogens is 1. The first-order valence-electron chi connectivity index (χ1n) is 4.94. The van der Waals surface area contributed by atoms with E-state index in [0.717, 1.165) is 6.20 Å². The van der Waals surface area contributed by atoms with E-state index in [4.69, 9.17) is 11.6 Å². The molecular weight excluding hydrogens is 246 g/mol. The first kappa shape index (κ1) is 13.7. The van der Waals surface area contributed by atoms with E-state index in [2.05, 4.69) is 4.98 Å². The van der Waals surface area contributed by atoms with Crippen LogP contribution in [0.3, 0.4) is 0 Å². The highest BCUT2D eigenvalue weighted by atomic mass is 35.5. The number of pyridine rings is 1. The fourth-order valence-electron chi connectivity index (χ4n) is 1.16. The van der Waals surface area contributed by atoms with Crippen LogP contribution in [0.25, 0.3) is 0 Å². The van der Waals surface area contributed by atoms with Gasteiger partial charge in [0.25, 0.3) is 5.69 Å². The summed E-state index contributed by atoms with van der Waals surface area (Å²) in [5, 5.41) is 20.0. The Labute approximate surface area is 104 Å². The topological polar surface area (TPSA) is 79.5 Å². The van der Waals surface area contributed by atoms with Crippen molar-refractivity contribution in [3.05, 3.63) is 27.4 Å². The highest BCUT2D eigenvalue weighted by Gasteiger charge is 2.26. The van der Waals surface area contributed by atoms with Crippen LogP contribution in [0.4, 0.5) is 11.5 Å². The summed E-state index contributed by atoms with van der Waals surface area (Å²) in [6.45, 7) is 3.54. The second-order valence-corrected chi connectivity index (χ2v) is 4.69. The molecule has 0 unspecified atom stereocenters. The fraction of sp³-hybridized carbons (Fsp3) is 0.500. The van der Waals surface area contributed by atoms with Gasteiger partial charge in [-0.2, -0.15) is 0 Å². The fourth-order valence-corrected chi connectivity index (χ4v) is 1.45. The largest absolute Gasteiger partial charge is 0.394 e. The zero-order valence-electron chi connectivity index (χ0n) is 9.85. The number of hydrogen-bond donors (Lipinski definition) is 1. The highest BCUT2D eigenvalue weighted by Crippen LogP contribution is 2.29. The quantitative estimate of drug-likeness (QED) is 0.659. The van der Waals surface area contributed by atoms with Crippen LogP contribution in [-0.4, -0.2) is 34.2 Å². The van der Waals surface area contributed by atoms with Crippen LogP contribution in [-0.2, 0) is 0 Å². The maximum Gasteiger partial charge on any atom is 0.289 e. The molecule has 0 saturated heterocycles. The third kappa shape index (κ3) is 2.83. The van der Waals surface area contributed by atoms with E-state index in [9.17, 15) is 15.2 Å². The van der Waals surface area contributed by atoms with Gasteiger partial charge < -0.3 is 10.0 Å². The maximum absolute atomic E-state index is 10.5. The monoisotopic (exact) mass is 259 g/mol. The molecule has 0 saturated carbocycles. The van der Waals surface area contributed by atoms with Gasteiger partial charge in [0.1, 0.15) is 12.0 Å². The third-order valence-electron chi connectivity index (χ3n) is 2.63. The lowest BCUT2D eigenvalue weighted by molar-refractivity contribution is -0.385. The van der Waals surface area contributed by atoms with Gasteiger partial charge in [0, 0.05) is 13.1 Å². The van der Waals surface area contributed by atoms with E-state index in [1.54, 1.807) is 11.9 Å². The summed E-state index contributed by atoms with van der Waals surface area (Å²) in [5.74, 6) is 0.399. The van der Waals surface area contributed by atoms with Gasteiger partial charge in [0.15, 0.2) is 0 Å². The average Bonchev–Trinajstić information content (AvgIpc) is 2.27. The van der Waals surface area contributed by atoms with E-state index in [-0.39, 0.29) is 17.3 Å². The number of halogens is 1. The van der Waals surface area contributed by atoms with Gasteiger partial charge in [-0.25, -0.2) is 4.98 Å². The molecule has 6 nitrogen and oxygen atoms in total. The Hall–Kier alpha value is -1.40. The van der Waals surface area contributed by atoms with Crippen molar-refractivity contribution in [1.29, 1.82) is 0 Å². The molecule has 1 aromatic rings. The number of aliphatic hydroxyl groups is 1. The second kappa shape index (κ2) is 4.85. The molecular formula is C10H14ClN3O3. The molecule has 0 spiro atoms. The SMILES string of the molecule is CN(c1ncc([N+](=O)[O-])cc1Cl)C(C)(C)CO. The van der Waals surface area contributed by atoms with E-state index < -0.39 is 10.5 Å². The Morgan fingerprint density at radius 3 is 2.65 bits per heavy atom. The molecule has 0 aliphatic heterocycles. The zero-order valence-corrected chi connectivity index (χ0v) is 10.6. The van der Waals surface area contributed by atoms with Crippen LogP contribution < -0.4 is 4.90 Å². The molecule has 17 heavy (non-hydrogen) atoms. The maximum atomic E-state index is 10.5. The lowest BCUT2D eigenvalue weighted by Crippen LogP contribution is -2.45. The minimum atomic E-state index is -0.556. The minimum Gasteiger partial charge on any atom is -0.394 e. The Morgan fingerprint density at radius 2 is 2.24 bits per heavy atom. The Morgan fingerprint density at radius 1 is 1.65 bits per heavy atom. The summed E-state index contributed by atoms with van der Waals surface area (Å²) in [5.41, 5.74) is -0.707. The molecule has 0 radical (unpaired) electrons. The molecule has 0 aliphatic carbocycles. The summed E-state index contributed by atoms with van der Waals surface area (Å²) in [6.07, 6.45) is 1.14. The second-order valence-electron chi connectivity index (χ2n) is 4.29. The molecule has 0 bridgehead atoms. The Balaban J connectivity index is 3.12. The van der Waals surface area contributed by atoms with Gasteiger partial charge in [0.2, 0.25) is 0 Å². The molecule has 0 atom stereocenters. The lowest BCUT2D eigenvalue weighted by atomic mass is 10.1. The molecule has 1 aromatic heterocycles. The van der Waals surface area contributed by atoms with Crippen molar-refractivity contribution < 1.29 is 10.0 Å². The summed E-state index contributed by atoms with van der Waals surface area (Å²) in [4.78, 5) is 15.6. The van der Waals surface area contributed by atoms with Gasteiger partial charge >= 0.3 is 0 Å². The first-order chi connectivity index (χ1) is 7.79. The van der Waals surface area contributed by atoms with Crippen molar-refractivity contribution in [3.63, 3.8) is 0 Å². The Bertz CT molecular complexity index is 437. The van der Waals surface area contributed by atoms with E-state index in [1.807, 2.05) is 13.8 Å². The molecule has 0 aromatic carbocycles. The van der Waals surface area contributed by atoms with Crippen molar-refractivity contribution >= 4 is 23.1 Å². The molecule has 0 aliphatic rings. The van der Waals surface area contributed by atoms with Crippen molar-refractivity contribution in [1.82, 2.24) is 4.98 Å². The standard InChI is InChI=1S/C10H14ClN3O3/c1-10(2,6-15)13(3)9-8(11)4-7(5-12-9)14(16)17/h4-5,15H,6H2,1-3H3. The van der Waals surface area contributed by atoms with Crippen LogP contribution in [0, 0.1) is 10.1 Å². The van der Waals surface area contributed by atoms with Crippen LogP contribution in [0.5, 0.6) is 0 Å². The van der Waals surface area contributed by atoms with Crippen molar-refractivity contribution in [2.24, 2.45) is 0 Å². The molecule has 0 fully saturated rings. The van der Waals surface area contributed by atoms with E-state index >= 15 is 0 Å². The summed E-state index contributed by atoms with van der Waals surface area (Å²) in [6, 6.07) is 1.24. The lowest BCUT2D eigenvalue weighted by Gasteiger charge is -2.35. The molecule has 7 heteroatoms. The van der Waals surface area contributed by atoms with Gasteiger partial charge in [-0.05, 0) is 13.8 Å². The number of anilines is 1. The zero-order chi connectivity index (χ0) is 13.2. The van der Waals surface area contributed by atoms with Crippen LogP contribution in [0.1, 0.15) is 13.8 Å². The van der Waals surface area contributed by atoms with E-state index in [0.29, 0.717) is 5.82 Å². The van der Waals surface area contributed by atoms with Crippen molar-refractivity contribution in [2.75, 3.05) is 18.6 Å². The average molecular weight is 260 g/mol. The Kier molecular flexibility index (Phi) is 3.90. The van der Waals surface area contributed by atoms with Crippen molar-refractivity contribution in [3.8, 4) is 0 Å². The van der Waals surface area contributed by atoms with Gasteiger partial charge in [0.05, 0.1) is 22.1 Å². The van der Waals surface area contributed by atoms with Gasteiger partial charge in [-0.15, -0.1) is 0 Å². The van der Waals surface area contributed by atoms with Crippen LogP contribution in [0.15, 0.2) is 12.3 Å². The predicted molar refractivity (Wildman–Crippen MR) is 65.5 cm³/mol. The van der Waals surface area contributed by atoms with Crippen molar-refractivity contribution in [2.45, 2.75) is 19.4 Å². The summed E-state index contributed by atoms with van der Waals surface area (Å²) in [7, 11) is 1.72. The van der Waals surface area contributed by atoms with Gasteiger partial charge in [-0.1, -0.05) is 11.6 Å². The minimum absolute atomic E-state index is 0.0848. The number of nitrogens with zero attached hydrogens (tertiary/aromatic N) is 3. The molecule has 1 N–H and O–H groups in total. The number of hydrogen-bond acceptors (Lipinski definition) is 5. The molecule has 94 valence electrons. The summed E-state index contributed by atoms with van der Waals surface area (Å²) >= 11 is 5.94. The third-order valence-corrected chi connectivity index (χ3v) is 2.91. The molecule has 1 heterocycles. The smallest absolute Gasteiger partial charge is 0.289 e. The van der Waals surface area contributed by atoms with Crippen LogP contribution in [0.2, 0.25) is 5.02 Å². The predicted octanol–water partition coefficient (Wildman–Crippen LogP) is 1.85. The summed E-state index contributed by atoms with van der Waals surface area (Å²) < 4.78 is 0. The molecule has 1 rings (SSSR count). The number of nitro groups is 1. The number of likely N-dealkylation sites (N-methyl/N-ethyl adjacent to an activating group) is 1. The number of aliphatic hydroxyl groups excluding tert-OH is 1. The first-order valence-corrected chi connectivity index (χ1v) is 5.32. The van der Waals surface area contributed by atoms with E-state index in [1.165, 1.54) is 6.07 Å². The molecule has 0 amide bonds. The highest BCUT2D eigenvalue weighted by molar-refractivity contribution is 6.33. The van der Waals surface area contributed by atoms with Gasteiger partial charge in [-0.3, -0.25) is 10.1 Å². The number of rotatable bonds is 4.